The standard InChI is InChI=1S/C52H96O9.2CH4.6W/c1-37-25-53-31-43-19-45(23-49(7,8)9)32-54-26-38(2)57-29-41(5)60-34-46(24-50(10,11)12)20-44(33-59-40(4)28-56-37)22-48(52(16,17)18)36-61-42(6)30-58-39(3)27-55-35-47(21-43)51(13,14)15;;;;;;;;/h37-42H,19-36H2,1-18H3;2*1H4;;;;;;/q-6;;;;;;;;. The third kappa shape index (κ3) is 43.4. The molecular formula is C54H104O9W6-6. The Morgan fingerprint density at radius 1 is 0.333 bits per heavy atom. The molecule has 0 aromatic carbocycles. The minimum atomic E-state index is -0.0934. The zero-order valence-corrected chi connectivity index (χ0v) is 62.9. The Kier molecular flexibility index (Phi) is 54.8. The van der Waals surface area contributed by atoms with E-state index in [4.69, 9.17) is 42.6 Å². The summed E-state index contributed by atoms with van der Waals surface area (Å²) in [7, 11) is 0. The first-order valence-electron chi connectivity index (χ1n) is 23.7. The van der Waals surface area contributed by atoms with Gasteiger partial charge in [-0.1, -0.05) is 148 Å². The fourth-order valence-electron chi connectivity index (χ4n) is 7.57. The summed E-state index contributed by atoms with van der Waals surface area (Å²) < 4.78 is 58.2. The molecule has 2 fully saturated rings. The van der Waals surface area contributed by atoms with E-state index in [1.807, 2.05) is 0 Å². The molecule has 2 rings (SSSR count). The summed E-state index contributed by atoms with van der Waals surface area (Å²) in [5.74, 6) is 8.06. The van der Waals surface area contributed by atoms with Crippen molar-refractivity contribution in [1.82, 2.24) is 0 Å². The first kappa shape index (κ1) is 86.7. The molecule has 0 spiro atoms. The van der Waals surface area contributed by atoms with Crippen LogP contribution in [0.4, 0.5) is 0 Å². The summed E-state index contributed by atoms with van der Waals surface area (Å²) in [5.41, 5.74) is 0.0758. The fraction of sp³-hybridized carbons (Fsp3) is 0.889. The molecule has 0 N–H and O–H groups in total. The summed E-state index contributed by atoms with van der Waals surface area (Å²) in [6.45, 7) is 46.4. The Morgan fingerprint density at radius 3 is 1.00 bits per heavy atom. The average Bonchev–Trinajstić information content (AvgIpc) is 3.11. The zero-order valence-electron chi connectivity index (χ0n) is 45.3. The minimum Gasteiger partial charge on any atom is -0.410 e. The van der Waals surface area contributed by atoms with Crippen LogP contribution in [0.5, 0.6) is 0 Å². The summed E-state index contributed by atoms with van der Waals surface area (Å²) in [4.78, 5) is 0. The Bertz CT molecular complexity index is 1150. The Labute approximate surface area is 514 Å². The molecule has 0 aliphatic carbocycles. The molecular weight excluding hydrogens is 1900 g/mol. The second-order valence-corrected chi connectivity index (χ2v) is 23.2. The van der Waals surface area contributed by atoms with Crippen LogP contribution in [0.25, 0.3) is 0 Å². The van der Waals surface area contributed by atoms with Gasteiger partial charge in [0.1, 0.15) is 0 Å². The average molecular weight is 2000 g/mol. The molecule has 2 aliphatic heterocycles. The number of hydrogen-bond donors (Lipinski definition) is 0. The van der Waals surface area contributed by atoms with E-state index in [-0.39, 0.29) is 200 Å². The number of rotatable bonds is 2. The van der Waals surface area contributed by atoms with Crippen LogP contribution in [0.15, 0.2) is 0 Å². The monoisotopic (exact) mass is 2000 g/mol. The van der Waals surface area contributed by atoms with Gasteiger partial charge in [-0.25, -0.2) is 0 Å². The molecule has 2 saturated heterocycles. The van der Waals surface area contributed by atoms with Gasteiger partial charge >= 0.3 is 0 Å². The van der Waals surface area contributed by atoms with Gasteiger partial charge in [-0.15, -0.1) is 0 Å². The van der Waals surface area contributed by atoms with Crippen LogP contribution in [-0.2, 0) is 169 Å². The Morgan fingerprint density at radius 2 is 0.623 bits per heavy atom. The third-order valence-corrected chi connectivity index (χ3v) is 11.1. The molecule has 0 aromatic heterocycles. The van der Waals surface area contributed by atoms with Crippen molar-refractivity contribution in [2.45, 2.75) is 215 Å². The molecule has 6 unspecified atom stereocenters. The minimum absolute atomic E-state index is 0. The van der Waals surface area contributed by atoms with Crippen molar-refractivity contribution >= 4 is 0 Å². The maximum absolute atomic E-state index is 6.63. The molecule has 2 heterocycles. The van der Waals surface area contributed by atoms with E-state index >= 15 is 0 Å². The summed E-state index contributed by atoms with van der Waals surface area (Å²) in [5, 5.41) is 0. The molecule has 15 heteroatoms. The van der Waals surface area contributed by atoms with E-state index in [0.717, 1.165) is 38.5 Å². The SMILES string of the molecule is C.C.CC1COC[C-]2C[C-](CC(C)(C)C)COCC(C)OCC(C)OC[C-](CC(C)(C)C)C[C-](COC(C)CO1)C[C-](C(C)(C)C)COC(C)COC(C)COC[C-](C(C)(C)C)C2.[W].[W].[W].[W].[W].[W]. The van der Waals surface area contributed by atoms with Gasteiger partial charge < -0.3 is 104 Å². The van der Waals surface area contributed by atoms with Crippen LogP contribution in [-0.4, -0.2) is 116 Å². The predicted octanol–water partition coefficient (Wildman–Crippen LogP) is 12.7. The van der Waals surface area contributed by atoms with Crippen molar-refractivity contribution in [3.63, 3.8) is 0 Å². The van der Waals surface area contributed by atoms with Gasteiger partial charge in [0.15, 0.2) is 0 Å². The molecule has 69 heavy (non-hydrogen) atoms. The van der Waals surface area contributed by atoms with Crippen molar-refractivity contribution in [2.24, 2.45) is 21.7 Å². The smallest absolute Gasteiger partial charge is 0.0780 e. The normalized spacial score (nSPS) is 26.7. The first-order chi connectivity index (χ1) is 28.2. The zero-order chi connectivity index (χ0) is 46.0. The first-order valence-corrected chi connectivity index (χ1v) is 23.7. The summed E-state index contributed by atoms with van der Waals surface area (Å²) in [6.07, 6.45) is 4.72. The summed E-state index contributed by atoms with van der Waals surface area (Å²) in [6, 6.07) is 0. The van der Waals surface area contributed by atoms with Crippen molar-refractivity contribution in [3.05, 3.63) is 35.5 Å². The van der Waals surface area contributed by atoms with Crippen molar-refractivity contribution < 1.29 is 169 Å². The number of hydrogen-bond acceptors (Lipinski definition) is 9. The van der Waals surface area contributed by atoms with E-state index in [0.29, 0.717) is 79.3 Å². The van der Waals surface area contributed by atoms with Crippen LogP contribution in [0.3, 0.4) is 0 Å². The molecule has 9 nitrogen and oxygen atoms in total. The molecule has 6 atom stereocenters. The van der Waals surface area contributed by atoms with Crippen LogP contribution >= 0.6 is 0 Å². The van der Waals surface area contributed by atoms with Gasteiger partial charge in [0.05, 0.1) is 76.3 Å². The maximum atomic E-state index is 6.63. The fourth-order valence-corrected chi connectivity index (χ4v) is 7.57. The van der Waals surface area contributed by atoms with Gasteiger partial charge in [-0.2, -0.15) is 23.7 Å². The molecule has 0 aromatic rings. The largest absolute Gasteiger partial charge is 0.410 e. The van der Waals surface area contributed by atoms with Crippen LogP contribution in [0.1, 0.15) is 178 Å². The van der Waals surface area contributed by atoms with Gasteiger partial charge in [0.25, 0.3) is 0 Å². The maximum Gasteiger partial charge on any atom is 0.0780 e. The van der Waals surface area contributed by atoms with E-state index in [9.17, 15) is 0 Å². The van der Waals surface area contributed by atoms with Crippen molar-refractivity contribution in [3.8, 4) is 0 Å². The summed E-state index contributed by atoms with van der Waals surface area (Å²) >= 11 is 0. The van der Waals surface area contributed by atoms with Gasteiger partial charge in [-0.05, 0) is 41.5 Å². The van der Waals surface area contributed by atoms with Gasteiger partial charge in [-0.3, -0.25) is 0 Å². The second-order valence-electron chi connectivity index (χ2n) is 23.2. The van der Waals surface area contributed by atoms with Crippen molar-refractivity contribution in [1.29, 1.82) is 0 Å². The van der Waals surface area contributed by atoms with E-state index in [1.54, 1.807) is 0 Å². The topological polar surface area (TPSA) is 83.1 Å². The quantitative estimate of drug-likeness (QED) is 0.198. The predicted molar refractivity (Wildman–Crippen MR) is 263 cm³/mol. The Hall–Kier alpha value is 3.77. The number of ether oxygens (including phenoxy) is 9. The van der Waals surface area contributed by atoms with Crippen LogP contribution < -0.4 is 0 Å². The number of fused-ring (bicyclic) bond motifs is 10. The third-order valence-electron chi connectivity index (χ3n) is 11.1. The van der Waals surface area contributed by atoms with E-state index in [2.05, 4.69) is 125 Å². The van der Waals surface area contributed by atoms with Gasteiger partial charge in [0.2, 0.25) is 0 Å². The molecule has 2 bridgehead atoms. The van der Waals surface area contributed by atoms with E-state index in [1.165, 1.54) is 35.5 Å². The van der Waals surface area contributed by atoms with E-state index < -0.39 is 0 Å². The van der Waals surface area contributed by atoms with Crippen molar-refractivity contribution in [2.75, 3.05) is 79.3 Å². The second kappa shape index (κ2) is 43.6. The van der Waals surface area contributed by atoms with Crippen LogP contribution in [0, 0.1) is 57.2 Å². The molecule has 416 valence electrons. The molecule has 0 amide bonds. The molecule has 0 saturated carbocycles. The Balaban J connectivity index is -0.000000961. The molecule has 0 radical (unpaired) electrons. The van der Waals surface area contributed by atoms with Crippen LogP contribution in [0.2, 0.25) is 0 Å². The van der Waals surface area contributed by atoms with Gasteiger partial charge in [0, 0.05) is 126 Å². The molecule has 2 aliphatic rings.